The molecule has 0 bridgehead atoms. The van der Waals surface area contributed by atoms with Crippen molar-refractivity contribution in [3.63, 3.8) is 0 Å². The molecular formula is C10H14N2O3. The number of nitrogens with one attached hydrogen (secondary N) is 1. The number of hydrogen-bond donors (Lipinski definition) is 2. The summed E-state index contributed by atoms with van der Waals surface area (Å²) in [6, 6.07) is 1.45. The molecule has 2 N–H and O–H groups in total. The summed E-state index contributed by atoms with van der Waals surface area (Å²) in [6.45, 7) is 2.81. The third-order valence-electron chi connectivity index (χ3n) is 1.66. The Morgan fingerprint density at radius 3 is 2.67 bits per heavy atom. The van der Waals surface area contributed by atoms with Gasteiger partial charge in [-0.25, -0.2) is 4.79 Å². The van der Waals surface area contributed by atoms with E-state index in [-0.39, 0.29) is 6.54 Å². The molecule has 5 nitrogen and oxygen atoms in total. The van der Waals surface area contributed by atoms with E-state index in [0.717, 1.165) is 18.9 Å². The van der Waals surface area contributed by atoms with Gasteiger partial charge in [0.2, 0.25) is 0 Å². The molecule has 0 radical (unpaired) electrons. The molecule has 0 unspecified atom stereocenters. The van der Waals surface area contributed by atoms with Crippen LogP contribution in [0.15, 0.2) is 11.6 Å². The average molecular weight is 210 g/mol. The van der Waals surface area contributed by atoms with Crippen LogP contribution in [-0.4, -0.2) is 29.9 Å². The largest absolute Gasteiger partial charge is 0.477 e. The Kier molecular flexibility index (Phi) is 6.85. The van der Waals surface area contributed by atoms with E-state index < -0.39 is 17.3 Å². The summed E-state index contributed by atoms with van der Waals surface area (Å²) in [4.78, 5) is 21.5. The maximum Gasteiger partial charge on any atom is 0.346 e. The van der Waals surface area contributed by atoms with E-state index in [1.807, 2.05) is 6.92 Å². The molecule has 15 heavy (non-hydrogen) atoms. The van der Waals surface area contributed by atoms with E-state index in [1.165, 1.54) is 6.07 Å². The Morgan fingerprint density at radius 2 is 2.20 bits per heavy atom. The van der Waals surface area contributed by atoms with Crippen molar-refractivity contribution in [1.29, 1.82) is 5.26 Å². The molecule has 0 fully saturated rings. The molecule has 82 valence electrons. The SMILES string of the molecule is CCCCNCC(=O)C=C(C#N)C(=O)O. The minimum Gasteiger partial charge on any atom is -0.477 e. The number of carboxylic acid groups (broad SMARTS) is 1. The molecule has 0 aromatic rings. The molecule has 0 aliphatic carbocycles. The second-order valence-electron chi connectivity index (χ2n) is 2.97. The zero-order chi connectivity index (χ0) is 11.7. The van der Waals surface area contributed by atoms with E-state index in [2.05, 4.69) is 5.32 Å². The van der Waals surface area contributed by atoms with Gasteiger partial charge in [-0.3, -0.25) is 4.79 Å². The summed E-state index contributed by atoms with van der Waals surface area (Å²) in [5, 5.41) is 19.7. The highest BCUT2D eigenvalue weighted by molar-refractivity contribution is 6.01. The van der Waals surface area contributed by atoms with Crippen LogP contribution in [0.25, 0.3) is 0 Å². The molecule has 5 heteroatoms. The van der Waals surface area contributed by atoms with Crippen LogP contribution >= 0.6 is 0 Å². The number of aliphatic carboxylic acids is 1. The number of rotatable bonds is 7. The van der Waals surface area contributed by atoms with Crippen molar-refractivity contribution < 1.29 is 14.7 Å². The summed E-state index contributed by atoms with van der Waals surface area (Å²) < 4.78 is 0. The van der Waals surface area contributed by atoms with E-state index in [9.17, 15) is 9.59 Å². The minimum atomic E-state index is -1.38. The van der Waals surface area contributed by atoms with Crippen molar-refractivity contribution in [2.45, 2.75) is 19.8 Å². The maximum atomic E-state index is 11.1. The summed E-state index contributed by atoms with van der Waals surface area (Å²) in [5.41, 5.74) is -0.530. The lowest BCUT2D eigenvalue weighted by Crippen LogP contribution is -2.23. The van der Waals surface area contributed by atoms with Crippen LogP contribution in [-0.2, 0) is 9.59 Å². The van der Waals surface area contributed by atoms with E-state index in [4.69, 9.17) is 10.4 Å². The zero-order valence-electron chi connectivity index (χ0n) is 8.62. The van der Waals surface area contributed by atoms with Crippen molar-refractivity contribution in [2.24, 2.45) is 0 Å². The summed E-state index contributed by atoms with van der Waals surface area (Å²) in [5.74, 6) is -1.77. The predicted octanol–water partition coefficient (Wildman–Crippen LogP) is 0.480. The number of unbranched alkanes of at least 4 members (excludes halogenated alkanes) is 1. The first kappa shape index (κ1) is 13.3. The lowest BCUT2D eigenvalue weighted by atomic mass is 10.2. The number of carboxylic acids is 1. The van der Waals surface area contributed by atoms with Gasteiger partial charge in [0.05, 0.1) is 6.54 Å². The van der Waals surface area contributed by atoms with E-state index >= 15 is 0 Å². The molecule has 0 amide bonds. The van der Waals surface area contributed by atoms with Crippen molar-refractivity contribution in [3.05, 3.63) is 11.6 Å². The third kappa shape index (κ3) is 6.41. The molecular weight excluding hydrogens is 196 g/mol. The molecule has 0 aliphatic heterocycles. The highest BCUT2D eigenvalue weighted by Crippen LogP contribution is 1.92. The lowest BCUT2D eigenvalue weighted by molar-refractivity contribution is -0.132. The fraction of sp³-hybridized carbons (Fsp3) is 0.500. The van der Waals surface area contributed by atoms with E-state index in [1.54, 1.807) is 0 Å². The molecule has 0 heterocycles. The van der Waals surface area contributed by atoms with Crippen molar-refractivity contribution in [3.8, 4) is 6.07 Å². The van der Waals surface area contributed by atoms with Crippen molar-refractivity contribution in [1.82, 2.24) is 5.32 Å². The molecule has 0 rings (SSSR count). The highest BCUT2D eigenvalue weighted by Gasteiger charge is 2.08. The second-order valence-corrected chi connectivity index (χ2v) is 2.97. The van der Waals surface area contributed by atoms with Gasteiger partial charge >= 0.3 is 5.97 Å². The van der Waals surface area contributed by atoms with Gasteiger partial charge in [0.25, 0.3) is 0 Å². The Labute approximate surface area is 88.4 Å². The molecule has 0 atom stereocenters. The van der Waals surface area contributed by atoms with Crippen LogP contribution in [0.4, 0.5) is 0 Å². The van der Waals surface area contributed by atoms with Gasteiger partial charge < -0.3 is 10.4 Å². The topological polar surface area (TPSA) is 90.2 Å². The number of carbonyl (C=O) groups excluding carboxylic acids is 1. The van der Waals surface area contributed by atoms with Gasteiger partial charge in [0, 0.05) is 6.08 Å². The number of nitriles is 1. The second kappa shape index (κ2) is 7.71. The number of ketones is 1. The van der Waals surface area contributed by atoms with E-state index in [0.29, 0.717) is 6.54 Å². The fourth-order valence-corrected chi connectivity index (χ4v) is 0.867. The quantitative estimate of drug-likeness (QED) is 0.362. The molecule has 0 saturated carbocycles. The van der Waals surface area contributed by atoms with Crippen LogP contribution in [0.1, 0.15) is 19.8 Å². The van der Waals surface area contributed by atoms with Crippen LogP contribution in [0.3, 0.4) is 0 Å². The number of carbonyl (C=O) groups is 2. The van der Waals surface area contributed by atoms with Gasteiger partial charge in [0.15, 0.2) is 5.78 Å². The summed E-state index contributed by atoms with van der Waals surface area (Å²) in [7, 11) is 0. The van der Waals surface area contributed by atoms with Crippen LogP contribution in [0, 0.1) is 11.3 Å². The summed E-state index contributed by atoms with van der Waals surface area (Å²) in [6.07, 6.45) is 2.83. The Bertz CT molecular complexity index is 302. The molecule has 0 spiro atoms. The monoisotopic (exact) mass is 210 g/mol. The molecule has 0 aliphatic rings. The molecule has 0 aromatic carbocycles. The molecule has 0 aromatic heterocycles. The highest BCUT2D eigenvalue weighted by atomic mass is 16.4. The van der Waals surface area contributed by atoms with Crippen LogP contribution in [0.5, 0.6) is 0 Å². The lowest BCUT2D eigenvalue weighted by Gasteiger charge is -1.99. The maximum absolute atomic E-state index is 11.1. The minimum absolute atomic E-state index is 0.0679. The van der Waals surface area contributed by atoms with Crippen molar-refractivity contribution in [2.75, 3.05) is 13.1 Å². The van der Waals surface area contributed by atoms with Crippen LogP contribution in [0.2, 0.25) is 0 Å². The molecule has 0 saturated heterocycles. The van der Waals surface area contributed by atoms with Gasteiger partial charge in [-0.05, 0) is 13.0 Å². The van der Waals surface area contributed by atoms with Crippen molar-refractivity contribution >= 4 is 11.8 Å². The Morgan fingerprint density at radius 1 is 1.53 bits per heavy atom. The third-order valence-corrected chi connectivity index (χ3v) is 1.66. The van der Waals surface area contributed by atoms with Gasteiger partial charge in [-0.2, -0.15) is 5.26 Å². The number of nitrogens with zero attached hydrogens (tertiary/aromatic N) is 1. The first-order chi connectivity index (χ1) is 7.11. The first-order valence-corrected chi connectivity index (χ1v) is 4.70. The predicted molar refractivity (Wildman–Crippen MR) is 54.1 cm³/mol. The Balaban J connectivity index is 4.02. The van der Waals surface area contributed by atoms with Gasteiger partial charge in [-0.15, -0.1) is 0 Å². The average Bonchev–Trinajstić information content (AvgIpc) is 2.20. The first-order valence-electron chi connectivity index (χ1n) is 4.70. The van der Waals surface area contributed by atoms with Gasteiger partial charge in [0.1, 0.15) is 11.6 Å². The standard InChI is InChI=1S/C10H14N2O3/c1-2-3-4-12-7-9(13)5-8(6-11)10(14)15/h5,12H,2-4,7H2,1H3,(H,14,15). The zero-order valence-corrected chi connectivity index (χ0v) is 8.62. The fourth-order valence-electron chi connectivity index (χ4n) is 0.867. The van der Waals surface area contributed by atoms with Crippen LogP contribution < -0.4 is 5.32 Å². The smallest absolute Gasteiger partial charge is 0.346 e. The Hall–Kier alpha value is -1.67. The summed E-state index contributed by atoms with van der Waals surface area (Å²) >= 11 is 0. The van der Waals surface area contributed by atoms with Gasteiger partial charge in [-0.1, -0.05) is 13.3 Å². The normalized spacial score (nSPS) is 10.8. The number of hydrogen-bond acceptors (Lipinski definition) is 4.